The molecule has 0 heterocycles. The highest BCUT2D eigenvalue weighted by Crippen LogP contribution is 2.43. The smallest absolute Gasteiger partial charge is 0.472 e. The summed E-state index contributed by atoms with van der Waals surface area (Å²) >= 11 is 0. The highest BCUT2D eigenvalue weighted by atomic mass is 31.2. The lowest BCUT2D eigenvalue weighted by Gasteiger charge is -2.20. The number of phosphoric ester groups is 1. The highest BCUT2D eigenvalue weighted by Gasteiger charge is 2.28. The van der Waals surface area contributed by atoms with Crippen molar-refractivity contribution in [1.82, 2.24) is 0 Å². The molecule has 0 aliphatic rings. The predicted octanol–water partition coefficient (Wildman–Crippen LogP) is 6.83. The third kappa shape index (κ3) is 26.1. The fourth-order valence-electron chi connectivity index (χ4n) is 4.24. The van der Waals surface area contributed by atoms with Crippen LogP contribution in [0.25, 0.3) is 0 Å². The van der Waals surface area contributed by atoms with Crippen molar-refractivity contribution in [2.24, 2.45) is 5.73 Å². The van der Waals surface area contributed by atoms with Crippen molar-refractivity contribution in [2.45, 2.75) is 154 Å². The van der Waals surface area contributed by atoms with Gasteiger partial charge in [-0.05, 0) is 12.8 Å². The number of hydrogen-bond donors (Lipinski definition) is 3. The lowest BCUT2D eigenvalue weighted by atomic mass is 10.0. The average Bonchev–Trinajstić information content (AvgIpc) is 2.95. The van der Waals surface area contributed by atoms with Crippen LogP contribution in [0.15, 0.2) is 0 Å². The Kier molecular flexibility index (Phi) is 26.1. The van der Waals surface area contributed by atoms with E-state index < -0.39 is 51.1 Å². The van der Waals surface area contributed by atoms with Crippen molar-refractivity contribution < 1.29 is 47.5 Å². The van der Waals surface area contributed by atoms with Crippen LogP contribution in [-0.4, -0.2) is 59.9 Å². The maximum absolute atomic E-state index is 12.4. The number of phosphoric acid groups is 1. The normalized spacial score (nSPS) is 14.2. The number of unbranched alkanes of at least 4 members (excludes halogenated alkanes) is 16. The molecule has 248 valence electrons. The molecule has 0 saturated heterocycles. The number of nitrogens with two attached hydrogens (primary N) is 1. The molecule has 0 aromatic carbocycles. The third-order valence-corrected chi connectivity index (χ3v) is 7.81. The zero-order valence-electron chi connectivity index (χ0n) is 26.1. The van der Waals surface area contributed by atoms with E-state index in [1.54, 1.807) is 0 Å². The standard InChI is InChI=1S/C30H58NO10P/c1-3-5-7-9-10-11-12-13-14-15-16-18-20-22-29(33)41-26(23-38-28(32)21-19-17-8-6-4-2)24-39-42(36,37)40-25-27(31)30(34)35/h26-27H,3-25,31H2,1-2H3,(H,34,35)(H,36,37). The second kappa shape index (κ2) is 27.1. The lowest BCUT2D eigenvalue weighted by molar-refractivity contribution is -0.161. The van der Waals surface area contributed by atoms with Crippen LogP contribution in [0, 0.1) is 0 Å². The Morgan fingerprint density at radius 1 is 0.643 bits per heavy atom. The predicted molar refractivity (Wildman–Crippen MR) is 162 cm³/mol. The van der Waals surface area contributed by atoms with Crippen molar-refractivity contribution in [1.29, 1.82) is 0 Å². The molecule has 0 aromatic heterocycles. The first kappa shape index (κ1) is 40.5. The third-order valence-electron chi connectivity index (χ3n) is 6.86. The number of carbonyl (C=O) groups is 3. The van der Waals surface area contributed by atoms with Gasteiger partial charge in [-0.2, -0.15) is 0 Å². The Hall–Kier alpha value is -1.52. The molecular formula is C30H58NO10P. The Balaban J connectivity index is 4.43. The largest absolute Gasteiger partial charge is 0.480 e. The summed E-state index contributed by atoms with van der Waals surface area (Å²) in [4.78, 5) is 45.2. The van der Waals surface area contributed by atoms with Crippen molar-refractivity contribution in [2.75, 3.05) is 19.8 Å². The molecule has 0 bridgehead atoms. The molecule has 12 heteroatoms. The molecule has 0 aromatic rings. The van der Waals surface area contributed by atoms with Gasteiger partial charge in [0.05, 0.1) is 13.2 Å². The molecule has 0 radical (unpaired) electrons. The van der Waals surface area contributed by atoms with E-state index in [4.69, 9.17) is 24.8 Å². The molecule has 4 N–H and O–H groups in total. The van der Waals surface area contributed by atoms with Gasteiger partial charge < -0.3 is 25.2 Å². The number of esters is 2. The SMILES string of the molecule is CCCCCCCCCCCCCCCC(=O)OC(COC(=O)CCCCCCC)COP(=O)(O)OCC(N)C(=O)O. The number of carboxylic acid groups (broad SMARTS) is 1. The van der Waals surface area contributed by atoms with E-state index in [1.165, 1.54) is 57.8 Å². The monoisotopic (exact) mass is 623 g/mol. The summed E-state index contributed by atoms with van der Waals surface area (Å²) in [6, 6.07) is -1.51. The molecule has 3 unspecified atom stereocenters. The quantitative estimate of drug-likeness (QED) is 0.0435. The molecule has 0 rings (SSSR count). The van der Waals surface area contributed by atoms with Gasteiger partial charge >= 0.3 is 25.7 Å². The van der Waals surface area contributed by atoms with Crippen LogP contribution in [0.5, 0.6) is 0 Å². The van der Waals surface area contributed by atoms with Gasteiger partial charge in [0.15, 0.2) is 6.10 Å². The maximum Gasteiger partial charge on any atom is 0.472 e. The van der Waals surface area contributed by atoms with Crippen molar-refractivity contribution in [3.05, 3.63) is 0 Å². The minimum Gasteiger partial charge on any atom is -0.480 e. The molecule has 3 atom stereocenters. The van der Waals surface area contributed by atoms with Crippen LogP contribution in [0.2, 0.25) is 0 Å². The van der Waals surface area contributed by atoms with Gasteiger partial charge in [0.25, 0.3) is 0 Å². The average molecular weight is 624 g/mol. The van der Waals surface area contributed by atoms with E-state index in [0.29, 0.717) is 12.8 Å². The maximum atomic E-state index is 12.4. The van der Waals surface area contributed by atoms with Gasteiger partial charge in [0.1, 0.15) is 12.6 Å². The van der Waals surface area contributed by atoms with Crippen molar-refractivity contribution in [3.63, 3.8) is 0 Å². The molecule has 0 fully saturated rings. The Morgan fingerprint density at radius 2 is 1.05 bits per heavy atom. The summed E-state index contributed by atoms with van der Waals surface area (Å²) in [5.74, 6) is -2.39. The number of ether oxygens (including phenoxy) is 2. The molecule has 0 amide bonds. The van der Waals surface area contributed by atoms with E-state index in [-0.39, 0.29) is 19.4 Å². The van der Waals surface area contributed by atoms with Crippen molar-refractivity contribution in [3.8, 4) is 0 Å². The van der Waals surface area contributed by atoms with E-state index in [0.717, 1.165) is 44.9 Å². The van der Waals surface area contributed by atoms with Gasteiger partial charge in [-0.1, -0.05) is 117 Å². The van der Waals surface area contributed by atoms with Crippen LogP contribution >= 0.6 is 7.82 Å². The molecule has 42 heavy (non-hydrogen) atoms. The minimum absolute atomic E-state index is 0.167. The molecular weight excluding hydrogens is 565 g/mol. The fourth-order valence-corrected chi connectivity index (χ4v) is 5.02. The summed E-state index contributed by atoms with van der Waals surface area (Å²) in [6.45, 7) is 2.66. The highest BCUT2D eigenvalue weighted by molar-refractivity contribution is 7.47. The van der Waals surface area contributed by atoms with Gasteiger partial charge in [0, 0.05) is 12.8 Å². The molecule has 11 nitrogen and oxygen atoms in total. The molecule has 0 spiro atoms. The Morgan fingerprint density at radius 3 is 1.50 bits per heavy atom. The second-order valence-corrected chi connectivity index (χ2v) is 12.4. The number of aliphatic carboxylic acids is 1. The number of carbonyl (C=O) groups excluding carboxylic acids is 2. The molecule has 0 aliphatic carbocycles. The van der Waals surface area contributed by atoms with Crippen molar-refractivity contribution >= 4 is 25.7 Å². The van der Waals surface area contributed by atoms with Gasteiger partial charge in [-0.3, -0.25) is 23.4 Å². The van der Waals surface area contributed by atoms with Gasteiger partial charge in [-0.25, -0.2) is 4.57 Å². The van der Waals surface area contributed by atoms with Crippen LogP contribution in [0.1, 0.15) is 142 Å². The van der Waals surface area contributed by atoms with Crippen LogP contribution in [0.3, 0.4) is 0 Å². The van der Waals surface area contributed by atoms with E-state index in [9.17, 15) is 23.8 Å². The lowest BCUT2D eigenvalue weighted by Crippen LogP contribution is -2.34. The minimum atomic E-state index is -4.69. The first-order valence-corrected chi connectivity index (χ1v) is 17.6. The van der Waals surface area contributed by atoms with Gasteiger partial charge in [0.2, 0.25) is 0 Å². The van der Waals surface area contributed by atoms with E-state index in [2.05, 4.69) is 18.4 Å². The number of hydrogen-bond acceptors (Lipinski definition) is 9. The zero-order valence-corrected chi connectivity index (χ0v) is 27.0. The van der Waals surface area contributed by atoms with Crippen LogP contribution < -0.4 is 5.73 Å². The summed E-state index contributed by atoms with van der Waals surface area (Å²) in [5.41, 5.74) is 5.28. The Labute approximate surface area is 253 Å². The topological polar surface area (TPSA) is 172 Å². The van der Waals surface area contributed by atoms with E-state index in [1.807, 2.05) is 0 Å². The summed E-state index contributed by atoms with van der Waals surface area (Å²) in [6.07, 6.45) is 19.5. The summed E-state index contributed by atoms with van der Waals surface area (Å²) < 4.78 is 32.2. The first-order chi connectivity index (χ1) is 20.1. The van der Waals surface area contributed by atoms with Crippen LogP contribution in [0.4, 0.5) is 0 Å². The fraction of sp³-hybridized carbons (Fsp3) is 0.900. The summed E-state index contributed by atoms with van der Waals surface area (Å²) in [7, 11) is -4.69. The summed E-state index contributed by atoms with van der Waals surface area (Å²) in [5, 5.41) is 8.79. The van der Waals surface area contributed by atoms with Crippen LogP contribution in [-0.2, 0) is 37.5 Å². The first-order valence-electron chi connectivity index (χ1n) is 16.1. The second-order valence-electron chi connectivity index (χ2n) is 11.0. The molecule has 0 aliphatic heterocycles. The number of carboxylic acids is 1. The van der Waals surface area contributed by atoms with E-state index >= 15 is 0 Å². The zero-order chi connectivity index (χ0) is 31.5. The number of rotatable bonds is 30. The Bertz CT molecular complexity index is 752. The van der Waals surface area contributed by atoms with Gasteiger partial charge in [-0.15, -0.1) is 0 Å². The molecule has 0 saturated carbocycles.